The summed E-state index contributed by atoms with van der Waals surface area (Å²) in [7, 11) is 0. The monoisotopic (exact) mass is 240 g/mol. The van der Waals surface area contributed by atoms with Crippen LogP contribution in [0.25, 0.3) is 0 Å². The van der Waals surface area contributed by atoms with Gasteiger partial charge >= 0.3 is 0 Å². The molecule has 17 heavy (non-hydrogen) atoms. The molecule has 0 spiro atoms. The van der Waals surface area contributed by atoms with Crippen LogP contribution in [0.1, 0.15) is 12.5 Å². The Bertz CT molecular complexity index is 354. The highest BCUT2D eigenvalue weighted by Gasteiger charge is 2.35. The van der Waals surface area contributed by atoms with E-state index in [1.807, 2.05) is 11.8 Å². The molecule has 1 unspecified atom stereocenters. The van der Waals surface area contributed by atoms with Gasteiger partial charge < -0.3 is 5.32 Å². The van der Waals surface area contributed by atoms with E-state index in [1.165, 1.54) is 12.1 Å². The van der Waals surface area contributed by atoms with Crippen LogP contribution in [-0.2, 0) is 5.92 Å². The largest absolute Gasteiger partial charge is 0.314 e. The summed E-state index contributed by atoms with van der Waals surface area (Å²) in [5, 5.41) is 3.20. The average molecular weight is 240 g/mol. The van der Waals surface area contributed by atoms with Gasteiger partial charge in [0.2, 0.25) is 0 Å². The fraction of sp³-hybridized carbons (Fsp3) is 0.538. The van der Waals surface area contributed by atoms with Gasteiger partial charge in [0.15, 0.2) is 0 Å². The first-order valence-corrected chi connectivity index (χ1v) is 5.98. The van der Waals surface area contributed by atoms with E-state index in [1.54, 1.807) is 18.2 Å². The summed E-state index contributed by atoms with van der Waals surface area (Å²) in [6, 6.07) is 8.22. The minimum Gasteiger partial charge on any atom is -0.314 e. The summed E-state index contributed by atoms with van der Waals surface area (Å²) in [4.78, 5) is 1.85. The second-order valence-electron chi connectivity index (χ2n) is 4.59. The molecule has 94 valence electrons. The number of halogens is 2. The van der Waals surface area contributed by atoms with Gasteiger partial charge in [0.25, 0.3) is 5.92 Å². The van der Waals surface area contributed by atoms with E-state index in [4.69, 9.17) is 0 Å². The van der Waals surface area contributed by atoms with E-state index < -0.39 is 5.92 Å². The van der Waals surface area contributed by atoms with Crippen molar-refractivity contribution in [3.8, 4) is 0 Å². The Morgan fingerprint density at radius 1 is 1.35 bits per heavy atom. The molecule has 1 N–H and O–H groups in total. The van der Waals surface area contributed by atoms with Gasteiger partial charge in [-0.2, -0.15) is 8.78 Å². The van der Waals surface area contributed by atoms with Gasteiger partial charge in [-0.05, 0) is 6.92 Å². The summed E-state index contributed by atoms with van der Waals surface area (Å²) >= 11 is 0. The molecule has 1 heterocycles. The number of rotatable bonds is 3. The van der Waals surface area contributed by atoms with Gasteiger partial charge in [0.05, 0.1) is 6.54 Å². The third-order valence-corrected chi connectivity index (χ3v) is 3.24. The van der Waals surface area contributed by atoms with Crippen LogP contribution >= 0.6 is 0 Å². The van der Waals surface area contributed by atoms with Gasteiger partial charge in [0.1, 0.15) is 0 Å². The first-order valence-electron chi connectivity index (χ1n) is 5.98. The first-order chi connectivity index (χ1) is 8.09. The second-order valence-corrected chi connectivity index (χ2v) is 4.59. The minimum atomic E-state index is -2.77. The Morgan fingerprint density at radius 3 is 2.71 bits per heavy atom. The highest BCUT2D eigenvalue weighted by atomic mass is 19.3. The lowest BCUT2D eigenvalue weighted by atomic mass is 10.1. The number of alkyl halides is 2. The van der Waals surface area contributed by atoms with Crippen LogP contribution in [-0.4, -0.2) is 37.1 Å². The molecule has 2 rings (SSSR count). The number of benzene rings is 1. The van der Waals surface area contributed by atoms with Gasteiger partial charge in [-0.15, -0.1) is 0 Å². The molecular weight excluding hydrogens is 222 g/mol. The fourth-order valence-corrected chi connectivity index (χ4v) is 2.15. The van der Waals surface area contributed by atoms with E-state index in [2.05, 4.69) is 5.32 Å². The van der Waals surface area contributed by atoms with Crippen molar-refractivity contribution in [2.75, 3.05) is 26.2 Å². The van der Waals surface area contributed by atoms with E-state index in [-0.39, 0.29) is 18.2 Å². The Morgan fingerprint density at radius 2 is 2.06 bits per heavy atom. The number of piperazine rings is 1. The number of hydrogen-bond donors (Lipinski definition) is 1. The Hall–Kier alpha value is -1.00. The first kappa shape index (κ1) is 12.5. The molecule has 1 fully saturated rings. The zero-order chi connectivity index (χ0) is 12.3. The summed E-state index contributed by atoms with van der Waals surface area (Å²) < 4.78 is 28.1. The zero-order valence-electron chi connectivity index (χ0n) is 10.00. The molecule has 0 aromatic heterocycles. The van der Waals surface area contributed by atoms with Gasteiger partial charge in [-0.1, -0.05) is 30.3 Å². The van der Waals surface area contributed by atoms with Crippen LogP contribution < -0.4 is 5.32 Å². The lowest BCUT2D eigenvalue weighted by molar-refractivity contribution is -0.0499. The van der Waals surface area contributed by atoms with Crippen molar-refractivity contribution < 1.29 is 8.78 Å². The molecule has 0 saturated carbocycles. The molecule has 1 atom stereocenters. The van der Waals surface area contributed by atoms with Crippen molar-refractivity contribution in [1.82, 2.24) is 10.2 Å². The molecule has 1 aromatic carbocycles. The third-order valence-electron chi connectivity index (χ3n) is 3.24. The predicted molar refractivity (Wildman–Crippen MR) is 64.2 cm³/mol. The highest BCUT2D eigenvalue weighted by Crippen LogP contribution is 2.29. The molecule has 1 saturated heterocycles. The number of hydrogen-bond acceptors (Lipinski definition) is 2. The molecule has 2 nitrogen and oxygen atoms in total. The fourth-order valence-electron chi connectivity index (χ4n) is 2.15. The van der Waals surface area contributed by atoms with Crippen molar-refractivity contribution in [1.29, 1.82) is 0 Å². The lowest BCUT2D eigenvalue weighted by Gasteiger charge is -2.36. The quantitative estimate of drug-likeness (QED) is 0.870. The maximum Gasteiger partial charge on any atom is 0.285 e. The SMILES string of the molecule is CC1CNCCN1CC(F)(F)c1ccccc1. The zero-order valence-corrected chi connectivity index (χ0v) is 10.00. The second kappa shape index (κ2) is 5.10. The summed E-state index contributed by atoms with van der Waals surface area (Å²) in [6.45, 7) is 4.04. The standard InChI is InChI=1S/C13H18F2N2/c1-11-9-16-7-8-17(11)10-13(14,15)12-5-3-2-4-6-12/h2-6,11,16H,7-10H2,1H3. The molecule has 4 heteroatoms. The highest BCUT2D eigenvalue weighted by molar-refractivity contribution is 5.20. The van der Waals surface area contributed by atoms with Crippen molar-refractivity contribution in [3.63, 3.8) is 0 Å². The van der Waals surface area contributed by atoms with Crippen LogP contribution in [0, 0.1) is 0 Å². The van der Waals surface area contributed by atoms with Crippen molar-refractivity contribution >= 4 is 0 Å². The smallest absolute Gasteiger partial charge is 0.285 e. The normalized spacial score (nSPS) is 22.6. The number of nitrogens with zero attached hydrogens (tertiary/aromatic N) is 1. The van der Waals surface area contributed by atoms with Crippen molar-refractivity contribution in [2.45, 2.75) is 18.9 Å². The number of nitrogens with one attached hydrogen (secondary N) is 1. The van der Waals surface area contributed by atoms with Crippen LogP contribution in [0.2, 0.25) is 0 Å². The molecule has 0 aliphatic carbocycles. The minimum absolute atomic E-state index is 0.103. The van der Waals surface area contributed by atoms with E-state index in [9.17, 15) is 8.78 Å². The maximum atomic E-state index is 14.1. The van der Waals surface area contributed by atoms with Crippen molar-refractivity contribution in [3.05, 3.63) is 35.9 Å². The Balaban J connectivity index is 2.06. The van der Waals surface area contributed by atoms with Crippen LogP contribution in [0.3, 0.4) is 0 Å². The Kier molecular flexibility index (Phi) is 3.74. The lowest BCUT2D eigenvalue weighted by Crippen LogP contribution is -2.52. The molecule has 0 bridgehead atoms. The third kappa shape index (κ3) is 3.01. The Labute approximate surface area is 101 Å². The topological polar surface area (TPSA) is 15.3 Å². The van der Waals surface area contributed by atoms with Crippen LogP contribution in [0.4, 0.5) is 8.78 Å². The van der Waals surface area contributed by atoms with E-state index in [0.717, 1.165) is 13.1 Å². The van der Waals surface area contributed by atoms with Crippen LogP contribution in [0.15, 0.2) is 30.3 Å². The summed E-state index contributed by atoms with van der Waals surface area (Å²) in [5.41, 5.74) is 0.103. The van der Waals surface area contributed by atoms with Gasteiger partial charge in [0, 0.05) is 31.2 Å². The molecule has 1 aromatic rings. The summed E-state index contributed by atoms with van der Waals surface area (Å²) in [6.07, 6.45) is 0. The molecule has 1 aliphatic heterocycles. The maximum absolute atomic E-state index is 14.1. The van der Waals surface area contributed by atoms with Gasteiger partial charge in [-0.3, -0.25) is 4.90 Å². The van der Waals surface area contributed by atoms with Crippen LogP contribution in [0.5, 0.6) is 0 Å². The molecule has 0 radical (unpaired) electrons. The van der Waals surface area contributed by atoms with E-state index in [0.29, 0.717) is 6.54 Å². The average Bonchev–Trinajstić information content (AvgIpc) is 2.33. The predicted octanol–water partition coefficient (Wildman–Crippen LogP) is 2.07. The van der Waals surface area contributed by atoms with E-state index >= 15 is 0 Å². The van der Waals surface area contributed by atoms with Crippen molar-refractivity contribution in [2.24, 2.45) is 0 Å². The molecular formula is C13H18F2N2. The van der Waals surface area contributed by atoms with Gasteiger partial charge in [-0.25, -0.2) is 0 Å². The summed E-state index contributed by atoms with van der Waals surface area (Å²) in [5.74, 6) is -2.77. The molecule has 1 aliphatic rings. The molecule has 0 amide bonds.